The summed E-state index contributed by atoms with van der Waals surface area (Å²) in [5, 5.41) is 10.9. The first-order valence-electron chi connectivity index (χ1n) is 4.53. The Morgan fingerprint density at radius 1 is 1.36 bits per heavy atom. The first-order valence-corrected chi connectivity index (χ1v) is 4.53. The van der Waals surface area contributed by atoms with Crippen LogP contribution < -0.4 is 0 Å². The Morgan fingerprint density at radius 2 is 2.14 bits per heavy atom. The van der Waals surface area contributed by atoms with Crippen LogP contribution in [0.3, 0.4) is 0 Å². The minimum atomic E-state index is 0.377. The van der Waals surface area contributed by atoms with E-state index in [9.17, 15) is 0 Å². The highest BCUT2D eigenvalue weighted by Gasteiger charge is 2.02. The molecule has 68 valence electrons. The quantitative estimate of drug-likeness (QED) is 0.679. The molecule has 0 bridgehead atoms. The van der Waals surface area contributed by atoms with Crippen LogP contribution in [0.1, 0.15) is 11.4 Å². The van der Waals surface area contributed by atoms with Crippen molar-refractivity contribution < 1.29 is 0 Å². The van der Waals surface area contributed by atoms with Crippen molar-refractivity contribution in [3.8, 4) is 6.07 Å². The van der Waals surface area contributed by atoms with Gasteiger partial charge in [0.25, 0.3) is 0 Å². The minimum Gasteiger partial charge on any atom is -0.256 e. The molecular formula is C12H10N2. The van der Waals surface area contributed by atoms with E-state index in [0.29, 0.717) is 6.42 Å². The zero-order chi connectivity index (χ0) is 9.97. The fourth-order valence-corrected chi connectivity index (χ4v) is 1.63. The molecule has 0 amide bonds. The largest absolute Gasteiger partial charge is 0.256 e. The molecule has 0 aliphatic carbocycles. The van der Waals surface area contributed by atoms with Crippen molar-refractivity contribution in [1.29, 1.82) is 5.26 Å². The number of hydrogen-bond acceptors (Lipinski definition) is 2. The minimum absolute atomic E-state index is 0.377. The highest BCUT2D eigenvalue weighted by atomic mass is 14.7. The predicted molar refractivity (Wildman–Crippen MR) is 55.8 cm³/mol. The van der Waals surface area contributed by atoms with Gasteiger partial charge < -0.3 is 0 Å². The van der Waals surface area contributed by atoms with Crippen LogP contribution in [-0.4, -0.2) is 4.98 Å². The highest BCUT2D eigenvalue weighted by Crippen LogP contribution is 2.18. The highest BCUT2D eigenvalue weighted by molar-refractivity contribution is 5.85. The average molecular weight is 182 g/mol. The van der Waals surface area contributed by atoms with E-state index in [2.05, 4.69) is 11.1 Å². The van der Waals surface area contributed by atoms with Crippen molar-refractivity contribution in [2.75, 3.05) is 0 Å². The van der Waals surface area contributed by atoms with Crippen molar-refractivity contribution in [2.45, 2.75) is 13.3 Å². The van der Waals surface area contributed by atoms with Crippen molar-refractivity contribution in [1.82, 2.24) is 4.98 Å². The first kappa shape index (κ1) is 8.71. The van der Waals surface area contributed by atoms with Gasteiger partial charge in [-0.25, -0.2) is 0 Å². The molecule has 0 fully saturated rings. The molecule has 2 nitrogen and oxygen atoms in total. The van der Waals surface area contributed by atoms with Crippen LogP contribution >= 0.6 is 0 Å². The lowest BCUT2D eigenvalue weighted by molar-refractivity contribution is 1.09. The molecular weight excluding hydrogens is 172 g/mol. The van der Waals surface area contributed by atoms with E-state index in [0.717, 1.165) is 22.2 Å². The van der Waals surface area contributed by atoms with Gasteiger partial charge in [-0.15, -0.1) is 0 Å². The summed E-state index contributed by atoms with van der Waals surface area (Å²) in [6.45, 7) is 1.95. The zero-order valence-corrected chi connectivity index (χ0v) is 7.99. The molecule has 0 saturated heterocycles. The Bertz CT molecular complexity index is 509. The zero-order valence-electron chi connectivity index (χ0n) is 7.99. The van der Waals surface area contributed by atoms with Crippen molar-refractivity contribution in [2.24, 2.45) is 0 Å². The summed E-state index contributed by atoms with van der Waals surface area (Å²) in [5.74, 6) is 0. The number of pyridine rings is 1. The third-order valence-electron chi connectivity index (χ3n) is 2.19. The lowest BCUT2D eigenvalue weighted by atomic mass is 10.1. The molecule has 2 heteroatoms. The van der Waals surface area contributed by atoms with Gasteiger partial charge in [0.1, 0.15) is 0 Å². The summed E-state index contributed by atoms with van der Waals surface area (Å²) in [4.78, 5) is 4.37. The van der Waals surface area contributed by atoms with E-state index in [1.54, 1.807) is 0 Å². The number of benzene rings is 1. The van der Waals surface area contributed by atoms with Crippen molar-refractivity contribution in [3.05, 3.63) is 41.7 Å². The van der Waals surface area contributed by atoms with Crippen molar-refractivity contribution >= 4 is 10.8 Å². The second kappa shape index (κ2) is 3.47. The SMILES string of the molecule is Cc1cc2ccccc2c(CC#N)n1. The van der Waals surface area contributed by atoms with Gasteiger partial charge >= 0.3 is 0 Å². The number of aromatic nitrogens is 1. The summed E-state index contributed by atoms with van der Waals surface area (Å²) < 4.78 is 0. The van der Waals surface area contributed by atoms with Crippen LogP contribution in [0.25, 0.3) is 10.8 Å². The van der Waals surface area contributed by atoms with Gasteiger partial charge in [-0.1, -0.05) is 24.3 Å². The molecule has 0 aliphatic rings. The molecule has 1 heterocycles. The molecule has 0 aliphatic heterocycles. The summed E-state index contributed by atoms with van der Waals surface area (Å²) in [7, 11) is 0. The van der Waals surface area contributed by atoms with E-state index in [1.165, 1.54) is 0 Å². The molecule has 1 aromatic heterocycles. The molecule has 2 aromatic rings. The van der Waals surface area contributed by atoms with Crippen LogP contribution in [0.4, 0.5) is 0 Å². The lowest BCUT2D eigenvalue weighted by Crippen LogP contribution is -1.92. The molecule has 0 N–H and O–H groups in total. The Balaban J connectivity index is 2.74. The monoisotopic (exact) mass is 182 g/mol. The Hall–Kier alpha value is -1.88. The Morgan fingerprint density at radius 3 is 2.93 bits per heavy atom. The van der Waals surface area contributed by atoms with Gasteiger partial charge in [0, 0.05) is 11.1 Å². The molecule has 1 aromatic carbocycles. The van der Waals surface area contributed by atoms with E-state index < -0.39 is 0 Å². The number of fused-ring (bicyclic) bond motifs is 1. The maximum absolute atomic E-state index is 8.68. The Labute approximate surface area is 82.8 Å². The fourth-order valence-electron chi connectivity index (χ4n) is 1.63. The second-order valence-corrected chi connectivity index (χ2v) is 3.27. The maximum atomic E-state index is 8.68. The number of rotatable bonds is 1. The smallest absolute Gasteiger partial charge is 0.0781 e. The summed E-state index contributed by atoms with van der Waals surface area (Å²) in [5.41, 5.74) is 1.84. The molecule has 0 atom stereocenters. The number of nitriles is 1. The van der Waals surface area contributed by atoms with Crippen LogP contribution in [0.5, 0.6) is 0 Å². The predicted octanol–water partition coefficient (Wildman–Crippen LogP) is 2.61. The fraction of sp³-hybridized carbons (Fsp3) is 0.167. The topological polar surface area (TPSA) is 36.7 Å². The molecule has 2 rings (SSSR count). The van der Waals surface area contributed by atoms with Crippen LogP contribution in [0, 0.1) is 18.3 Å². The Kier molecular flexibility index (Phi) is 2.16. The first-order chi connectivity index (χ1) is 6.81. The van der Waals surface area contributed by atoms with Gasteiger partial charge in [0.15, 0.2) is 0 Å². The van der Waals surface area contributed by atoms with Crippen LogP contribution in [-0.2, 0) is 6.42 Å². The molecule has 0 spiro atoms. The molecule has 0 unspecified atom stereocenters. The van der Waals surface area contributed by atoms with Crippen LogP contribution in [0.15, 0.2) is 30.3 Å². The van der Waals surface area contributed by atoms with E-state index in [1.807, 2.05) is 37.3 Å². The van der Waals surface area contributed by atoms with Gasteiger partial charge in [0.2, 0.25) is 0 Å². The third-order valence-corrected chi connectivity index (χ3v) is 2.19. The lowest BCUT2D eigenvalue weighted by Gasteiger charge is -2.03. The van der Waals surface area contributed by atoms with Gasteiger partial charge in [-0.2, -0.15) is 5.26 Å². The van der Waals surface area contributed by atoms with Crippen LogP contribution in [0.2, 0.25) is 0 Å². The standard InChI is InChI=1S/C12H10N2/c1-9-8-10-4-2-3-5-11(10)12(14-9)6-7-13/h2-5,8H,6H2,1H3. The maximum Gasteiger partial charge on any atom is 0.0781 e. The van der Waals surface area contributed by atoms with Crippen molar-refractivity contribution in [3.63, 3.8) is 0 Å². The summed E-state index contributed by atoms with van der Waals surface area (Å²) >= 11 is 0. The number of aryl methyl sites for hydroxylation is 1. The van der Waals surface area contributed by atoms with Gasteiger partial charge in [-0.05, 0) is 18.4 Å². The molecule has 0 saturated carbocycles. The molecule has 0 radical (unpaired) electrons. The van der Waals surface area contributed by atoms with E-state index >= 15 is 0 Å². The summed E-state index contributed by atoms with van der Waals surface area (Å²) in [6.07, 6.45) is 0.377. The number of nitrogens with zero attached hydrogens (tertiary/aromatic N) is 2. The van der Waals surface area contributed by atoms with E-state index in [-0.39, 0.29) is 0 Å². The van der Waals surface area contributed by atoms with Gasteiger partial charge in [-0.3, -0.25) is 4.98 Å². The number of hydrogen-bond donors (Lipinski definition) is 0. The normalized spacial score (nSPS) is 10.0. The second-order valence-electron chi connectivity index (χ2n) is 3.27. The third kappa shape index (κ3) is 1.45. The van der Waals surface area contributed by atoms with Gasteiger partial charge in [0.05, 0.1) is 18.2 Å². The molecule has 14 heavy (non-hydrogen) atoms. The van der Waals surface area contributed by atoms with E-state index in [4.69, 9.17) is 5.26 Å². The average Bonchev–Trinajstić information content (AvgIpc) is 2.18. The summed E-state index contributed by atoms with van der Waals surface area (Å²) in [6, 6.07) is 12.2.